The molecule has 0 aliphatic carbocycles. The third-order valence-corrected chi connectivity index (χ3v) is 5.81. The number of fused-ring (bicyclic) bond motifs is 2. The molecule has 0 fully saturated rings. The van der Waals surface area contributed by atoms with Crippen LogP contribution < -0.4 is 16.0 Å². The highest BCUT2D eigenvalue weighted by atomic mass is 16.5. The fraction of sp³-hybridized carbons (Fsp3) is 0.565. The lowest BCUT2D eigenvalue weighted by Gasteiger charge is -2.25. The van der Waals surface area contributed by atoms with Gasteiger partial charge in [0.05, 0.1) is 17.2 Å². The molecule has 1 aliphatic heterocycles. The van der Waals surface area contributed by atoms with Gasteiger partial charge in [-0.2, -0.15) is 0 Å². The molecule has 0 saturated heterocycles. The minimum atomic E-state index is -0.536. The molecule has 3 atom stereocenters. The summed E-state index contributed by atoms with van der Waals surface area (Å²) in [7, 11) is 0. The number of rotatable bonds is 7. The van der Waals surface area contributed by atoms with Crippen molar-refractivity contribution >= 4 is 0 Å². The van der Waals surface area contributed by atoms with Crippen molar-refractivity contribution in [3.63, 3.8) is 0 Å². The van der Waals surface area contributed by atoms with E-state index in [0.717, 1.165) is 5.56 Å². The lowest BCUT2D eigenvalue weighted by molar-refractivity contribution is 0.171. The van der Waals surface area contributed by atoms with Crippen molar-refractivity contribution in [3.8, 4) is 11.5 Å². The summed E-state index contributed by atoms with van der Waals surface area (Å²) in [5.41, 5.74) is 0.995. The number of hydrogen-bond acceptors (Lipinski definition) is 7. The van der Waals surface area contributed by atoms with Gasteiger partial charge >= 0.3 is 11.3 Å². The normalized spacial score (nSPS) is 15.7. The van der Waals surface area contributed by atoms with Gasteiger partial charge in [-0.3, -0.25) is 0 Å². The highest BCUT2D eigenvalue weighted by molar-refractivity contribution is 5.55. The first-order valence-corrected chi connectivity index (χ1v) is 10.4. The van der Waals surface area contributed by atoms with Crippen molar-refractivity contribution in [2.24, 2.45) is 0 Å². The maximum atomic E-state index is 12.7. The molecule has 3 heterocycles. The van der Waals surface area contributed by atoms with Crippen molar-refractivity contribution in [3.05, 3.63) is 54.6 Å². The SMILES string of the molecule is Cc1c(C(C)CCCO)oc(=O)c2c1Oc1c(C)c(C(C)C[C@H](C)O)oc(=O)c1C2. The molecule has 0 aromatic carbocycles. The van der Waals surface area contributed by atoms with E-state index in [1.165, 1.54) is 0 Å². The zero-order valence-electron chi connectivity index (χ0n) is 18.2. The van der Waals surface area contributed by atoms with E-state index in [1.54, 1.807) is 6.92 Å². The molecule has 7 heteroatoms. The number of ether oxygens (including phenoxy) is 1. The van der Waals surface area contributed by atoms with Gasteiger partial charge in [-0.15, -0.1) is 0 Å². The van der Waals surface area contributed by atoms with Crippen LogP contribution in [0.15, 0.2) is 18.4 Å². The highest BCUT2D eigenvalue weighted by Gasteiger charge is 2.32. The average molecular weight is 418 g/mol. The minimum absolute atomic E-state index is 0.0521. The van der Waals surface area contributed by atoms with E-state index in [1.807, 2.05) is 27.7 Å². The molecule has 3 rings (SSSR count). The topological polar surface area (TPSA) is 110 Å². The summed E-state index contributed by atoms with van der Waals surface area (Å²) in [4.78, 5) is 25.3. The van der Waals surface area contributed by atoms with Gasteiger partial charge in [0.2, 0.25) is 0 Å². The Labute approximate surface area is 175 Å². The molecule has 7 nitrogen and oxygen atoms in total. The molecule has 2 unspecified atom stereocenters. The third kappa shape index (κ3) is 4.09. The fourth-order valence-electron chi connectivity index (χ4n) is 4.29. The molecule has 0 amide bonds. The van der Waals surface area contributed by atoms with E-state index in [9.17, 15) is 14.7 Å². The standard InChI is InChI=1S/C23H30O7/c1-11(7-6-8-24)18-14(4)20-16(22(26)29-18)10-17-21(28-20)15(5)19(30-23(17)27)12(2)9-13(3)25/h11-13,24-25H,6-10H2,1-5H3/t11?,12?,13-/m0/s1. The van der Waals surface area contributed by atoms with E-state index in [-0.39, 0.29) is 24.9 Å². The Morgan fingerprint density at radius 3 is 1.87 bits per heavy atom. The Morgan fingerprint density at radius 1 is 0.900 bits per heavy atom. The summed E-state index contributed by atoms with van der Waals surface area (Å²) in [5.74, 6) is 1.67. The molecule has 2 N–H and O–H groups in total. The van der Waals surface area contributed by atoms with Crippen LogP contribution in [0.1, 0.15) is 85.6 Å². The predicted molar refractivity (Wildman–Crippen MR) is 112 cm³/mol. The summed E-state index contributed by atoms with van der Waals surface area (Å²) in [5, 5.41) is 18.8. The molecular weight excluding hydrogens is 388 g/mol. The van der Waals surface area contributed by atoms with Crippen LogP contribution in [-0.2, 0) is 6.42 Å². The van der Waals surface area contributed by atoms with Gasteiger partial charge in [-0.25, -0.2) is 9.59 Å². The van der Waals surface area contributed by atoms with Crippen LogP contribution >= 0.6 is 0 Å². The lowest BCUT2D eigenvalue weighted by atomic mass is 9.93. The Bertz CT molecular complexity index is 1040. The first-order chi connectivity index (χ1) is 14.1. The van der Waals surface area contributed by atoms with Crippen molar-refractivity contribution in [2.75, 3.05) is 6.61 Å². The minimum Gasteiger partial charge on any atom is -0.455 e. The maximum Gasteiger partial charge on any atom is 0.343 e. The summed E-state index contributed by atoms with van der Waals surface area (Å²) >= 11 is 0. The molecule has 0 spiro atoms. The fourth-order valence-corrected chi connectivity index (χ4v) is 4.29. The first kappa shape index (κ1) is 22.3. The molecule has 1 aliphatic rings. The van der Waals surface area contributed by atoms with Crippen LogP contribution in [0.2, 0.25) is 0 Å². The molecule has 0 radical (unpaired) electrons. The molecule has 2 aromatic heterocycles. The molecule has 164 valence electrons. The quantitative estimate of drug-likeness (QED) is 0.602. The van der Waals surface area contributed by atoms with Gasteiger partial charge in [-0.1, -0.05) is 13.8 Å². The van der Waals surface area contributed by atoms with Crippen molar-refractivity contribution in [1.29, 1.82) is 0 Å². The summed E-state index contributed by atoms with van der Waals surface area (Å²) in [6, 6.07) is 0. The Balaban J connectivity index is 2.08. The Kier molecular flexibility index (Phi) is 6.53. The molecule has 0 saturated carbocycles. The number of aliphatic hydroxyl groups is 2. The van der Waals surface area contributed by atoms with Crippen LogP contribution in [0, 0.1) is 13.8 Å². The summed E-state index contributed by atoms with van der Waals surface area (Å²) in [6.07, 6.45) is 1.30. The van der Waals surface area contributed by atoms with Gasteiger partial charge in [-0.05, 0) is 40.0 Å². The van der Waals surface area contributed by atoms with Crippen LogP contribution in [0.3, 0.4) is 0 Å². The number of aliphatic hydroxyl groups excluding tert-OH is 2. The van der Waals surface area contributed by atoms with Crippen LogP contribution in [-0.4, -0.2) is 22.9 Å². The van der Waals surface area contributed by atoms with Gasteiger partial charge in [0.1, 0.15) is 23.0 Å². The number of hydrogen-bond donors (Lipinski definition) is 2. The smallest absolute Gasteiger partial charge is 0.343 e. The third-order valence-electron chi connectivity index (χ3n) is 5.81. The summed E-state index contributed by atoms with van der Waals surface area (Å²) in [6.45, 7) is 9.27. The molecule has 30 heavy (non-hydrogen) atoms. The van der Waals surface area contributed by atoms with Crippen molar-refractivity contribution in [2.45, 2.75) is 78.2 Å². The largest absolute Gasteiger partial charge is 0.455 e. The summed E-state index contributed by atoms with van der Waals surface area (Å²) < 4.78 is 17.3. The van der Waals surface area contributed by atoms with E-state index in [0.29, 0.717) is 59.0 Å². The van der Waals surface area contributed by atoms with Gasteiger partial charge < -0.3 is 23.8 Å². The first-order valence-electron chi connectivity index (χ1n) is 10.4. The van der Waals surface area contributed by atoms with E-state index < -0.39 is 17.4 Å². The second kappa shape index (κ2) is 8.78. The van der Waals surface area contributed by atoms with Crippen LogP contribution in [0.5, 0.6) is 11.5 Å². The van der Waals surface area contributed by atoms with Crippen molar-refractivity contribution < 1.29 is 23.8 Å². The molecule has 2 aromatic rings. The van der Waals surface area contributed by atoms with E-state index >= 15 is 0 Å². The second-order valence-electron chi connectivity index (χ2n) is 8.40. The van der Waals surface area contributed by atoms with Crippen LogP contribution in [0.25, 0.3) is 0 Å². The Morgan fingerprint density at radius 2 is 1.40 bits per heavy atom. The van der Waals surface area contributed by atoms with Gasteiger partial charge in [0.25, 0.3) is 0 Å². The average Bonchev–Trinajstić information content (AvgIpc) is 2.70. The zero-order chi connectivity index (χ0) is 22.2. The monoisotopic (exact) mass is 418 g/mol. The van der Waals surface area contributed by atoms with Gasteiger partial charge in [0.15, 0.2) is 0 Å². The molecular formula is C23H30O7. The maximum absolute atomic E-state index is 12.7. The highest BCUT2D eigenvalue weighted by Crippen LogP contribution is 2.42. The second-order valence-corrected chi connectivity index (χ2v) is 8.40. The predicted octanol–water partition coefficient (Wildman–Crippen LogP) is 3.66. The van der Waals surface area contributed by atoms with E-state index in [2.05, 4.69) is 0 Å². The van der Waals surface area contributed by atoms with Crippen LogP contribution in [0.4, 0.5) is 0 Å². The van der Waals surface area contributed by atoms with Gasteiger partial charge in [0, 0.05) is 36.0 Å². The van der Waals surface area contributed by atoms with Crippen molar-refractivity contribution in [1.82, 2.24) is 0 Å². The van der Waals surface area contributed by atoms with E-state index in [4.69, 9.17) is 18.7 Å². The molecule has 0 bridgehead atoms. The Hall–Kier alpha value is -2.38. The lowest BCUT2D eigenvalue weighted by Crippen LogP contribution is -2.24. The zero-order valence-corrected chi connectivity index (χ0v) is 18.2.